The van der Waals surface area contributed by atoms with E-state index in [-0.39, 0.29) is 10.4 Å². The van der Waals surface area contributed by atoms with Crippen molar-refractivity contribution < 1.29 is 4.39 Å². The van der Waals surface area contributed by atoms with Crippen molar-refractivity contribution >= 4 is 28.7 Å². The molecule has 0 bridgehead atoms. The van der Waals surface area contributed by atoms with Crippen LogP contribution in [0.5, 0.6) is 0 Å². The molecule has 0 unspecified atom stereocenters. The van der Waals surface area contributed by atoms with Crippen LogP contribution in [0.2, 0.25) is 5.02 Å². The molecular formula is C16H18ClFN2. The van der Waals surface area contributed by atoms with Crippen LogP contribution < -0.4 is 11.1 Å². The highest BCUT2D eigenvalue weighted by Crippen LogP contribution is 2.34. The number of nitrogens with one attached hydrogen (secondary N) is 1. The van der Waals surface area contributed by atoms with Crippen molar-refractivity contribution in [2.75, 3.05) is 11.1 Å². The van der Waals surface area contributed by atoms with Crippen LogP contribution in [-0.2, 0) is 5.41 Å². The fourth-order valence-corrected chi connectivity index (χ4v) is 2.23. The number of hydrogen-bond acceptors (Lipinski definition) is 2. The second-order valence-corrected chi connectivity index (χ2v) is 6.18. The van der Waals surface area contributed by atoms with Gasteiger partial charge in [0.25, 0.3) is 0 Å². The lowest BCUT2D eigenvalue weighted by Crippen LogP contribution is -2.13. The van der Waals surface area contributed by atoms with Crippen LogP contribution >= 0.6 is 11.6 Å². The lowest BCUT2D eigenvalue weighted by Gasteiger charge is -2.24. The summed E-state index contributed by atoms with van der Waals surface area (Å²) in [5.74, 6) is -0.489. The van der Waals surface area contributed by atoms with Crippen molar-refractivity contribution in [2.45, 2.75) is 26.2 Å². The molecule has 0 aliphatic heterocycles. The van der Waals surface area contributed by atoms with E-state index in [2.05, 4.69) is 26.1 Å². The number of benzene rings is 2. The molecule has 4 heteroatoms. The van der Waals surface area contributed by atoms with Gasteiger partial charge in [-0.05, 0) is 23.1 Å². The second kappa shape index (κ2) is 5.33. The van der Waals surface area contributed by atoms with Gasteiger partial charge in [0.1, 0.15) is 5.82 Å². The van der Waals surface area contributed by atoms with Crippen molar-refractivity contribution in [3.63, 3.8) is 0 Å². The molecule has 0 amide bonds. The molecule has 0 atom stereocenters. The Labute approximate surface area is 123 Å². The summed E-state index contributed by atoms with van der Waals surface area (Å²) in [6.45, 7) is 6.37. The zero-order chi connectivity index (χ0) is 14.9. The summed E-state index contributed by atoms with van der Waals surface area (Å²) >= 11 is 5.71. The van der Waals surface area contributed by atoms with Crippen molar-refractivity contribution in [3.8, 4) is 0 Å². The standard InChI is InChI=1S/C16H18ClFN2/c1-16(2,3)10-6-4-5-7-14(10)20-15-9-12(18)11(17)8-13(15)19/h4-9,20H,19H2,1-3H3. The van der Waals surface area contributed by atoms with Crippen LogP contribution in [0, 0.1) is 5.82 Å². The molecule has 3 N–H and O–H groups in total. The summed E-state index contributed by atoms with van der Waals surface area (Å²) in [6.07, 6.45) is 0. The van der Waals surface area contributed by atoms with Crippen LogP contribution in [-0.4, -0.2) is 0 Å². The first-order valence-corrected chi connectivity index (χ1v) is 6.78. The minimum absolute atomic E-state index is 0.0245. The lowest BCUT2D eigenvalue weighted by atomic mass is 9.86. The highest BCUT2D eigenvalue weighted by Gasteiger charge is 2.18. The largest absolute Gasteiger partial charge is 0.397 e. The van der Waals surface area contributed by atoms with Crippen molar-refractivity contribution in [2.24, 2.45) is 0 Å². The third-order valence-corrected chi connectivity index (χ3v) is 3.39. The van der Waals surface area contributed by atoms with Gasteiger partial charge in [-0.3, -0.25) is 0 Å². The van der Waals surface area contributed by atoms with E-state index in [9.17, 15) is 4.39 Å². The Kier molecular flexibility index (Phi) is 3.91. The van der Waals surface area contributed by atoms with Gasteiger partial charge in [0.2, 0.25) is 0 Å². The highest BCUT2D eigenvalue weighted by atomic mass is 35.5. The Morgan fingerprint density at radius 3 is 2.40 bits per heavy atom. The van der Waals surface area contributed by atoms with Gasteiger partial charge in [-0.1, -0.05) is 50.6 Å². The average molecular weight is 293 g/mol. The minimum atomic E-state index is -0.489. The lowest BCUT2D eigenvalue weighted by molar-refractivity contribution is 0.592. The first kappa shape index (κ1) is 14.7. The van der Waals surface area contributed by atoms with E-state index in [1.165, 1.54) is 12.1 Å². The summed E-state index contributed by atoms with van der Waals surface area (Å²) in [5, 5.41) is 3.22. The smallest absolute Gasteiger partial charge is 0.144 e. The Hall–Kier alpha value is -1.74. The Bertz CT molecular complexity index is 633. The Morgan fingerprint density at radius 2 is 1.75 bits per heavy atom. The molecule has 0 aliphatic rings. The van der Waals surface area contributed by atoms with E-state index >= 15 is 0 Å². The van der Waals surface area contributed by atoms with E-state index in [1.54, 1.807) is 0 Å². The van der Waals surface area contributed by atoms with Crippen molar-refractivity contribution in [1.29, 1.82) is 0 Å². The highest BCUT2D eigenvalue weighted by molar-refractivity contribution is 6.31. The Morgan fingerprint density at radius 1 is 1.10 bits per heavy atom. The summed E-state index contributed by atoms with van der Waals surface area (Å²) in [5.41, 5.74) is 8.84. The SMILES string of the molecule is CC(C)(C)c1ccccc1Nc1cc(F)c(Cl)cc1N. The van der Waals surface area contributed by atoms with Crippen LogP contribution in [0.3, 0.4) is 0 Å². The summed E-state index contributed by atoms with van der Waals surface area (Å²) in [4.78, 5) is 0. The van der Waals surface area contributed by atoms with Crippen LogP contribution in [0.4, 0.5) is 21.5 Å². The molecule has 0 radical (unpaired) electrons. The molecule has 2 nitrogen and oxygen atoms in total. The van der Waals surface area contributed by atoms with Gasteiger partial charge < -0.3 is 11.1 Å². The molecular weight excluding hydrogens is 275 g/mol. The number of halogens is 2. The van der Waals surface area contributed by atoms with E-state index in [0.29, 0.717) is 11.4 Å². The maximum absolute atomic E-state index is 13.6. The zero-order valence-electron chi connectivity index (χ0n) is 11.8. The van der Waals surface area contributed by atoms with Crippen molar-refractivity contribution in [3.05, 3.63) is 52.8 Å². The fourth-order valence-electron chi connectivity index (χ4n) is 2.06. The predicted molar refractivity (Wildman–Crippen MR) is 84.2 cm³/mol. The van der Waals surface area contributed by atoms with Crippen LogP contribution in [0.25, 0.3) is 0 Å². The molecule has 0 heterocycles. The Balaban J connectivity index is 2.43. The third kappa shape index (κ3) is 3.05. The molecule has 2 aromatic carbocycles. The van der Waals surface area contributed by atoms with E-state index in [0.717, 1.165) is 11.3 Å². The van der Waals surface area contributed by atoms with Gasteiger partial charge in [-0.2, -0.15) is 0 Å². The van der Waals surface area contributed by atoms with Crippen LogP contribution in [0.15, 0.2) is 36.4 Å². The van der Waals surface area contributed by atoms with E-state index in [4.69, 9.17) is 17.3 Å². The van der Waals surface area contributed by atoms with Crippen LogP contribution in [0.1, 0.15) is 26.3 Å². The third-order valence-electron chi connectivity index (χ3n) is 3.10. The van der Waals surface area contributed by atoms with Gasteiger partial charge in [-0.15, -0.1) is 0 Å². The molecule has 0 saturated carbocycles. The fraction of sp³-hybridized carbons (Fsp3) is 0.250. The quantitative estimate of drug-likeness (QED) is 0.756. The monoisotopic (exact) mass is 292 g/mol. The van der Waals surface area contributed by atoms with E-state index < -0.39 is 5.82 Å². The molecule has 0 aromatic heterocycles. The molecule has 0 aliphatic carbocycles. The number of nitrogen functional groups attached to an aromatic ring is 1. The van der Waals surface area contributed by atoms with E-state index in [1.807, 2.05) is 24.3 Å². The summed E-state index contributed by atoms with van der Waals surface area (Å²) in [7, 11) is 0. The number of hydrogen-bond donors (Lipinski definition) is 2. The maximum atomic E-state index is 13.6. The second-order valence-electron chi connectivity index (χ2n) is 5.77. The summed E-state index contributed by atoms with van der Waals surface area (Å²) < 4.78 is 13.6. The molecule has 0 spiro atoms. The van der Waals surface area contributed by atoms with Gasteiger partial charge in [0.05, 0.1) is 16.4 Å². The van der Waals surface area contributed by atoms with Gasteiger partial charge in [0, 0.05) is 11.8 Å². The normalized spacial score (nSPS) is 11.4. The number of rotatable bonds is 2. The topological polar surface area (TPSA) is 38.0 Å². The summed E-state index contributed by atoms with van der Waals surface area (Å²) in [6, 6.07) is 10.6. The first-order valence-electron chi connectivity index (χ1n) is 6.40. The average Bonchev–Trinajstić information content (AvgIpc) is 2.35. The minimum Gasteiger partial charge on any atom is -0.397 e. The van der Waals surface area contributed by atoms with Crippen molar-refractivity contribution in [1.82, 2.24) is 0 Å². The van der Waals surface area contributed by atoms with Gasteiger partial charge in [0.15, 0.2) is 0 Å². The maximum Gasteiger partial charge on any atom is 0.144 e. The van der Waals surface area contributed by atoms with Gasteiger partial charge >= 0.3 is 0 Å². The first-order chi connectivity index (χ1) is 9.29. The number of anilines is 3. The molecule has 20 heavy (non-hydrogen) atoms. The molecule has 106 valence electrons. The molecule has 2 rings (SSSR count). The molecule has 2 aromatic rings. The number of para-hydroxylation sites is 1. The van der Waals surface area contributed by atoms with Gasteiger partial charge in [-0.25, -0.2) is 4.39 Å². The molecule has 0 fully saturated rings. The number of nitrogens with two attached hydrogens (primary N) is 1. The predicted octanol–water partition coefficient (Wildman–Crippen LogP) is 5.10. The zero-order valence-corrected chi connectivity index (χ0v) is 12.6. The molecule has 0 saturated heterocycles.